The molecule has 2 bridgehead atoms. The van der Waals surface area contributed by atoms with Gasteiger partial charge in [0, 0.05) is 17.3 Å². The number of hydrogen-bond donors (Lipinski definition) is 2. The lowest BCUT2D eigenvalue weighted by molar-refractivity contribution is -0.128. The molecule has 2 fully saturated rings. The van der Waals surface area contributed by atoms with Crippen molar-refractivity contribution in [3.63, 3.8) is 0 Å². The maximum absolute atomic E-state index is 12.9. The number of hydrogen-bond acceptors (Lipinski definition) is 4. The summed E-state index contributed by atoms with van der Waals surface area (Å²) in [5, 5.41) is 4.16. The third-order valence-corrected chi connectivity index (χ3v) is 6.40. The molecule has 5 heteroatoms. The van der Waals surface area contributed by atoms with Crippen LogP contribution in [0.5, 0.6) is 5.75 Å². The van der Waals surface area contributed by atoms with E-state index in [4.69, 9.17) is 14.9 Å². The Morgan fingerprint density at radius 2 is 2.07 bits per heavy atom. The number of furan rings is 1. The zero-order valence-corrected chi connectivity index (χ0v) is 16.2. The van der Waals surface area contributed by atoms with E-state index in [1.807, 2.05) is 38.1 Å². The lowest BCUT2D eigenvalue weighted by Gasteiger charge is -2.43. The fraction of sp³-hybridized carbons (Fsp3) is 0.591. The highest BCUT2D eigenvalue weighted by Gasteiger charge is 2.40. The average Bonchev–Trinajstić information content (AvgIpc) is 3.07. The van der Waals surface area contributed by atoms with Gasteiger partial charge in [-0.2, -0.15) is 0 Å². The lowest BCUT2D eigenvalue weighted by atomic mass is 9.65. The van der Waals surface area contributed by atoms with Gasteiger partial charge in [0.15, 0.2) is 11.3 Å². The van der Waals surface area contributed by atoms with Gasteiger partial charge in [-0.15, -0.1) is 0 Å². The van der Waals surface area contributed by atoms with E-state index in [9.17, 15) is 4.79 Å². The first-order valence-electron chi connectivity index (χ1n) is 10.3. The van der Waals surface area contributed by atoms with Crippen LogP contribution in [-0.4, -0.2) is 18.6 Å². The zero-order valence-electron chi connectivity index (χ0n) is 16.2. The van der Waals surface area contributed by atoms with Crippen LogP contribution in [0.1, 0.15) is 57.8 Å². The van der Waals surface area contributed by atoms with Gasteiger partial charge >= 0.3 is 0 Å². The van der Waals surface area contributed by atoms with Crippen LogP contribution in [0.2, 0.25) is 0 Å². The molecule has 0 aliphatic heterocycles. The summed E-state index contributed by atoms with van der Waals surface area (Å²) in [5.74, 6) is 2.72. The summed E-state index contributed by atoms with van der Waals surface area (Å²) in [4.78, 5) is 12.9. The summed E-state index contributed by atoms with van der Waals surface area (Å²) < 4.78 is 11.7. The van der Waals surface area contributed by atoms with Crippen molar-refractivity contribution in [3.05, 3.63) is 30.0 Å². The molecule has 3 N–H and O–H groups in total. The van der Waals surface area contributed by atoms with Crippen molar-refractivity contribution in [3.8, 4) is 5.75 Å². The highest BCUT2D eigenvalue weighted by atomic mass is 16.5. The first-order valence-corrected chi connectivity index (χ1v) is 10.3. The Balaban J connectivity index is 1.46. The maximum atomic E-state index is 12.9. The van der Waals surface area contributed by atoms with Crippen LogP contribution >= 0.6 is 0 Å². The standard InChI is InChI=1S/C22H30N2O3/c1-3-26-18-9-5-8-16-12-19(27-21(16)18)13(2)24-22(25)17-10-14-6-4-7-15(11-17)20(14)23/h5,8-9,12-15,17,20H,3-4,6-7,10-11,23H2,1-2H3,(H,24,25). The highest BCUT2D eigenvalue weighted by molar-refractivity contribution is 5.84. The van der Waals surface area contributed by atoms with Crippen LogP contribution in [0.25, 0.3) is 11.0 Å². The molecule has 3 unspecified atom stereocenters. The summed E-state index contributed by atoms with van der Waals surface area (Å²) in [7, 11) is 0. The molecule has 3 atom stereocenters. The van der Waals surface area contributed by atoms with Gasteiger partial charge < -0.3 is 20.2 Å². The third kappa shape index (κ3) is 3.57. The van der Waals surface area contributed by atoms with Crippen molar-refractivity contribution in [2.24, 2.45) is 23.5 Å². The van der Waals surface area contributed by atoms with Gasteiger partial charge in [0.05, 0.1) is 12.6 Å². The number of carbonyl (C=O) groups is 1. The number of benzene rings is 1. The average molecular weight is 370 g/mol. The van der Waals surface area contributed by atoms with Crippen molar-refractivity contribution < 1.29 is 13.9 Å². The molecule has 146 valence electrons. The van der Waals surface area contributed by atoms with Crippen LogP contribution in [0.3, 0.4) is 0 Å². The van der Waals surface area contributed by atoms with E-state index in [0.717, 1.165) is 35.3 Å². The summed E-state index contributed by atoms with van der Waals surface area (Å²) >= 11 is 0. The van der Waals surface area contributed by atoms with Gasteiger partial charge in [-0.1, -0.05) is 18.6 Å². The molecule has 2 aromatic rings. The maximum Gasteiger partial charge on any atom is 0.223 e. The van der Waals surface area contributed by atoms with Crippen molar-refractivity contribution >= 4 is 16.9 Å². The normalized spacial score (nSPS) is 28.7. The lowest BCUT2D eigenvalue weighted by Crippen LogP contribution is -2.49. The Labute approximate surface area is 160 Å². The molecule has 1 aromatic heterocycles. The van der Waals surface area contributed by atoms with Crippen LogP contribution in [0.15, 0.2) is 28.7 Å². The minimum absolute atomic E-state index is 0.0749. The number of nitrogens with two attached hydrogens (primary N) is 1. The van der Waals surface area contributed by atoms with Gasteiger partial charge in [0.2, 0.25) is 5.91 Å². The Morgan fingerprint density at radius 1 is 1.33 bits per heavy atom. The Kier molecular flexibility index (Phi) is 5.13. The molecule has 1 amide bonds. The van der Waals surface area contributed by atoms with E-state index in [-0.39, 0.29) is 23.9 Å². The topological polar surface area (TPSA) is 77.5 Å². The largest absolute Gasteiger partial charge is 0.490 e. The second kappa shape index (κ2) is 7.55. The molecule has 0 saturated heterocycles. The molecular weight excluding hydrogens is 340 g/mol. The summed E-state index contributed by atoms with van der Waals surface area (Å²) in [6.45, 7) is 4.52. The molecule has 0 spiro atoms. The Morgan fingerprint density at radius 3 is 2.78 bits per heavy atom. The zero-order chi connectivity index (χ0) is 19.0. The van der Waals surface area contributed by atoms with E-state index >= 15 is 0 Å². The molecule has 2 saturated carbocycles. The summed E-state index contributed by atoms with van der Waals surface area (Å²) in [6.07, 6.45) is 5.44. The van der Waals surface area contributed by atoms with Crippen molar-refractivity contribution in [2.45, 2.75) is 58.0 Å². The number of nitrogens with one attached hydrogen (secondary N) is 1. The number of fused-ring (bicyclic) bond motifs is 3. The van der Waals surface area contributed by atoms with E-state index in [2.05, 4.69) is 5.32 Å². The number of carbonyl (C=O) groups excluding carboxylic acids is 1. The summed E-state index contributed by atoms with van der Waals surface area (Å²) in [6, 6.07) is 7.98. The predicted molar refractivity (Wildman–Crippen MR) is 105 cm³/mol. The molecule has 0 radical (unpaired) electrons. The van der Waals surface area contributed by atoms with E-state index < -0.39 is 0 Å². The Hall–Kier alpha value is -2.01. The molecule has 2 aliphatic carbocycles. The van der Waals surface area contributed by atoms with Crippen molar-refractivity contribution in [1.29, 1.82) is 0 Å². The van der Waals surface area contributed by atoms with Crippen LogP contribution in [0.4, 0.5) is 0 Å². The van der Waals surface area contributed by atoms with Crippen LogP contribution < -0.4 is 15.8 Å². The minimum Gasteiger partial charge on any atom is -0.490 e. The van der Waals surface area contributed by atoms with Gasteiger partial charge in [-0.05, 0) is 63.5 Å². The first kappa shape index (κ1) is 18.4. The molecular formula is C22H30N2O3. The SMILES string of the molecule is CCOc1cccc2cc(C(C)NC(=O)C3CC4CCCC(C3)C4N)oc12. The Bertz CT molecular complexity index is 801. The van der Waals surface area contributed by atoms with Gasteiger partial charge in [-0.3, -0.25) is 4.79 Å². The number of ether oxygens (including phenoxy) is 1. The highest BCUT2D eigenvalue weighted by Crippen LogP contribution is 2.42. The molecule has 27 heavy (non-hydrogen) atoms. The van der Waals surface area contributed by atoms with Crippen LogP contribution in [0, 0.1) is 17.8 Å². The third-order valence-electron chi connectivity index (χ3n) is 6.40. The smallest absolute Gasteiger partial charge is 0.223 e. The van der Waals surface area contributed by atoms with E-state index in [1.165, 1.54) is 19.3 Å². The van der Waals surface area contributed by atoms with Crippen molar-refractivity contribution in [1.82, 2.24) is 5.32 Å². The summed E-state index contributed by atoms with van der Waals surface area (Å²) in [5.41, 5.74) is 7.11. The quantitative estimate of drug-likeness (QED) is 0.828. The van der Waals surface area contributed by atoms with E-state index in [1.54, 1.807) is 0 Å². The number of para-hydroxylation sites is 1. The number of amides is 1. The molecule has 1 heterocycles. The fourth-order valence-electron chi connectivity index (χ4n) is 4.94. The monoisotopic (exact) mass is 370 g/mol. The first-order chi connectivity index (χ1) is 13.1. The minimum atomic E-state index is -0.171. The molecule has 4 rings (SSSR count). The van der Waals surface area contributed by atoms with Gasteiger partial charge in [-0.25, -0.2) is 0 Å². The number of rotatable bonds is 5. The van der Waals surface area contributed by atoms with Crippen molar-refractivity contribution in [2.75, 3.05) is 6.61 Å². The molecule has 2 aliphatic rings. The molecule has 1 aromatic carbocycles. The van der Waals surface area contributed by atoms with Gasteiger partial charge in [0.1, 0.15) is 5.76 Å². The second-order valence-electron chi connectivity index (χ2n) is 8.18. The van der Waals surface area contributed by atoms with Gasteiger partial charge in [0.25, 0.3) is 0 Å². The second-order valence-corrected chi connectivity index (χ2v) is 8.18. The molecule has 5 nitrogen and oxygen atoms in total. The van der Waals surface area contributed by atoms with E-state index in [0.29, 0.717) is 18.4 Å². The fourth-order valence-corrected chi connectivity index (χ4v) is 4.94. The van der Waals surface area contributed by atoms with Crippen LogP contribution in [-0.2, 0) is 4.79 Å². The predicted octanol–water partition coefficient (Wildman–Crippen LogP) is 4.16.